The number of furan rings is 1. The highest BCUT2D eigenvalue weighted by atomic mass is 16.5. The first kappa shape index (κ1) is 19.9. The maximum atomic E-state index is 12.8. The second-order valence-corrected chi connectivity index (χ2v) is 6.24. The monoisotopic (exact) mass is 390 g/mol. The number of carbonyl (C=O) groups excluding carboxylic acids is 2. The number of rotatable bonds is 7. The van der Waals surface area contributed by atoms with E-state index in [1.54, 1.807) is 67.6 Å². The van der Waals surface area contributed by atoms with E-state index in [9.17, 15) is 9.59 Å². The summed E-state index contributed by atoms with van der Waals surface area (Å²) in [6.45, 7) is 4.27. The molecule has 29 heavy (non-hydrogen) atoms. The second kappa shape index (κ2) is 9.41. The van der Waals surface area contributed by atoms with Crippen LogP contribution in [0.5, 0.6) is 5.75 Å². The van der Waals surface area contributed by atoms with Crippen LogP contribution < -0.4 is 15.4 Å². The quantitative estimate of drug-likeness (QED) is 0.586. The normalized spacial score (nSPS) is 11.0. The third-order valence-electron chi connectivity index (χ3n) is 4.00. The fourth-order valence-corrected chi connectivity index (χ4v) is 2.62. The molecule has 0 saturated carbocycles. The molecule has 3 rings (SSSR count). The van der Waals surface area contributed by atoms with Crippen LogP contribution in [0.4, 0.5) is 5.69 Å². The molecule has 148 valence electrons. The molecule has 1 aromatic heterocycles. The number of anilines is 1. The number of benzene rings is 2. The van der Waals surface area contributed by atoms with Gasteiger partial charge >= 0.3 is 0 Å². The van der Waals surface area contributed by atoms with Gasteiger partial charge in [-0.25, -0.2) is 0 Å². The number of hydrogen-bond donors (Lipinski definition) is 2. The van der Waals surface area contributed by atoms with E-state index in [-0.39, 0.29) is 11.6 Å². The molecule has 6 nitrogen and oxygen atoms in total. The smallest absolute Gasteiger partial charge is 0.272 e. The van der Waals surface area contributed by atoms with Gasteiger partial charge in [0.1, 0.15) is 23.0 Å². The van der Waals surface area contributed by atoms with Gasteiger partial charge in [0, 0.05) is 17.3 Å². The molecule has 2 aromatic carbocycles. The minimum absolute atomic E-state index is 0.0714. The topological polar surface area (TPSA) is 80.6 Å². The van der Waals surface area contributed by atoms with Crippen LogP contribution >= 0.6 is 0 Å². The molecule has 0 spiro atoms. The number of ether oxygens (including phenoxy) is 1. The highest BCUT2D eigenvalue weighted by Crippen LogP contribution is 2.17. The molecule has 3 aromatic rings. The predicted molar refractivity (Wildman–Crippen MR) is 112 cm³/mol. The highest BCUT2D eigenvalue weighted by Gasteiger charge is 2.16. The van der Waals surface area contributed by atoms with Gasteiger partial charge in [0.2, 0.25) is 0 Å². The van der Waals surface area contributed by atoms with Crippen LogP contribution in [0.3, 0.4) is 0 Å². The summed E-state index contributed by atoms with van der Waals surface area (Å²) in [5.41, 5.74) is 1.10. The van der Waals surface area contributed by atoms with Gasteiger partial charge in [-0.15, -0.1) is 0 Å². The van der Waals surface area contributed by atoms with Gasteiger partial charge in [0.15, 0.2) is 0 Å². The third kappa shape index (κ3) is 5.59. The molecule has 2 amide bonds. The Labute approximate surface area is 169 Å². The Kier molecular flexibility index (Phi) is 6.47. The van der Waals surface area contributed by atoms with E-state index >= 15 is 0 Å². The Balaban J connectivity index is 1.81. The van der Waals surface area contributed by atoms with E-state index < -0.39 is 5.91 Å². The number of carbonyl (C=O) groups is 2. The van der Waals surface area contributed by atoms with Crippen molar-refractivity contribution in [2.75, 3.05) is 11.9 Å². The lowest BCUT2D eigenvalue weighted by atomic mass is 10.2. The number of amides is 2. The van der Waals surface area contributed by atoms with Gasteiger partial charge in [-0.1, -0.05) is 18.2 Å². The van der Waals surface area contributed by atoms with E-state index in [2.05, 4.69) is 10.6 Å². The summed E-state index contributed by atoms with van der Waals surface area (Å²) < 4.78 is 10.9. The molecule has 0 unspecified atom stereocenters. The molecule has 1 heterocycles. The lowest BCUT2D eigenvalue weighted by Crippen LogP contribution is -2.30. The number of hydrogen-bond acceptors (Lipinski definition) is 4. The molecular weight excluding hydrogens is 368 g/mol. The maximum absolute atomic E-state index is 12.8. The van der Waals surface area contributed by atoms with Crippen molar-refractivity contribution in [3.05, 3.63) is 89.5 Å². The molecule has 0 aliphatic carbocycles. The second-order valence-electron chi connectivity index (χ2n) is 6.24. The fourth-order valence-electron chi connectivity index (χ4n) is 2.62. The summed E-state index contributed by atoms with van der Waals surface area (Å²) in [6, 6.07) is 19.2. The zero-order valence-corrected chi connectivity index (χ0v) is 16.3. The van der Waals surface area contributed by atoms with Gasteiger partial charge in [-0.3, -0.25) is 9.59 Å². The summed E-state index contributed by atoms with van der Waals surface area (Å²) in [6.07, 6.45) is 1.50. The molecule has 2 N–H and O–H groups in total. The van der Waals surface area contributed by atoms with Gasteiger partial charge in [0.05, 0.1) is 6.61 Å². The molecule has 6 heteroatoms. The zero-order valence-electron chi connectivity index (χ0n) is 16.3. The zero-order chi connectivity index (χ0) is 20.6. The van der Waals surface area contributed by atoms with Crippen molar-refractivity contribution in [3.63, 3.8) is 0 Å². The molecule has 0 aliphatic rings. The van der Waals surface area contributed by atoms with E-state index in [4.69, 9.17) is 9.15 Å². The summed E-state index contributed by atoms with van der Waals surface area (Å²) in [7, 11) is 0. The minimum atomic E-state index is -0.465. The van der Waals surface area contributed by atoms with Crippen LogP contribution in [0, 0.1) is 6.92 Å². The highest BCUT2D eigenvalue weighted by molar-refractivity contribution is 6.10. The average molecular weight is 390 g/mol. The Morgan fingerprint density at radius 2 is 1.72 bits per heavy atom. The van der Waals surface area contributed by atoms with Crippen molar-refractivity contribution in [3.8, 4) is 5.75 Å². The maximum Gasteiger partial charge on any atom is 0.272 e. The number of aryl methyl sites for hydroxylation is 1. The first-order valence-electron chi connectivity index (χ1n) is 9.24. The molecule has 0 aliphatic heterocycles. The standard InChI is InChI=1S/C23H22N2O4/c1-3-28-19-13-10-18(11-14-19)24-23(27)21(15-20-12-9-16(2)29-20)25-22(26)17-7-5-4-6-8-17/h4-15H,3H2,1-2H3,(H,24,27)(H,25,26)/b21-15-. The SMILES string of the molecule is CCOc1ccc(NC(=O)/C(=C/c2ccc(C)o2)NC(=O)c2ccccc2)cc1. The summed E-state index contributed by atoms with van der Waals surface area (Å²) in [5.74, 6) is 1.03. The molecule has 0 fully saturated rings. The van der Waals surface area contributed by atoms with E-state index in [0.717, 1.165) is 0 Å². The Morgan fingerprint density at radius 3 is 2.34 bits per heavy atom. The molecule has 0 atom stereocenters. The summed E-state index contributed by atoms with van der Waals surface area (Å²) in [5, 5.41) is 5.44. The predicted octanol–water partition coefficient (Wildman–Crippen LogP) is 4.40. The Bertz CT molecular complexity index is 1000. The van der Waals surface area contributed by atoms with Crippen molar-refractivity contribution in [1.29, 1.82) is 0 Å². The van der Waals surface area contributed by atoms with Crippen molar-refractivity contribution < 1.29 is 18.7 Å². The van der Waals surface area contributed by atoms with E-state index in [1.807, 2.05) is 13.0 Å². The lowest BCUT2D eigenvalue weighted by molar-refractivity contribution is -0.113. The van der Waals surface area contributed by atoms with Crippen LogP contribution in [-0.2, 0) is 4.79 Å². The first-order valence-corrected chi connectivity index (χ1v) is 9.24. The lowest BCUT2D eigenvalue weighted by Gasteiger charge is -2.11. The molecule has 0 bridgehead atoms. The van der Waals surface area contributed by atoms with Crippen LogP contribution in [0.2, 0.25) is 0 Å². The molecule has 0 saturated heterocycles. The fraction of sp³-hybridized carbons (Fsp3) is 0.130. The van der Waals surface area contributed by atoms with Crippen molar-refractivity contribution >= 4 is 23.6 Å². The van der Waals surface area contributed by atoms with E-state index in [1.165, 1.54) is 6.08 Å². The minimum Gasteiger partial charge on any atom is -0.494 e. The van der Waals surface area contributed by atoms with Crippen molar-refractivity contribution in [1.82, 2.24) is 5.32 Å². The van der Waals surface area contributed by atoms with Crippen molar-refractivity contribution in [2.24, 2.45) is 0 Å². The van der Waals surface area contributed by atoms with Gasteiger partial charge in [-0.05, 0) is 62.4 Å². The van der Waals surface area contributed by atoms with Crippen LogP contribution in [0.15, 0.2) is 76.8 Å². The Morgan fingerprint density at radius 1 is 1.00 bits per heavy atom. The summed E-state index contributed by atoms with van der Waals surface area (Å²) in [4.78, 5) is 25.4. The van der Waals surface area contributed by atoms with Crippen LogP contribution in [0.1, 0.15) is 28.8 Å². The first-order chi connectivity index (χ1) is 14.0. The Hall–Kier alpha value is -3.80. The third-order valence-corrected chi connectivity index (χ3v) is 4.00. The summed E-state index contributed by atoms with van der Waals surface area (Å²) >= 11 is 0. The van der Waals surface area contributed by atoms with Gasteiger partial charge < -0.3 is 19.8 Å². The number of nitrogens with one attached hydrogen (secondary N) is 2. The van der Waals surface area contributed by atoms with Gasteiger partial charge in [-0.2, -0.15) is 0 Å². The molecule has 0 radical (unpaired) electrons. The molecular formula is C23H22N2O4. The van der Waals surface area contributed by atoms with Gasteiger partial charge in [0.25, 0.3) is 11.8 Å². The largest absolute Gasteiger partial charge is 0.494 e. The average Bonchev–Trinajstić information content (AvgIpc) is 3.14. The van der Waals surface area contributed by atoms with E-state index in [0.29, 0.717) is 35.1 Å². The van der Waals surface area contributed by atoms with Crippen LogP contribution in [0.25, 0.3) is 6.08 Å². The van der Waals surface area contributed by atoms with Crippen molar-refractivity contribution in [2.45, 2.75) is 13.8 Å². The van der Waals surface area contributed by atoms with Crippen LogP contribution in [-0.4, -0.2) is 18.4 Å².